The summed E-state index contributed by atoms with van der Waals surface area (Å²) in [6, 6.07) is 7.92. The second-order valence-electron chi connectivity index (χ2n) is 4.48. The van der Waals surface area contributed by atoms with Gasteiger partial charge in [-0.15, -0.1) is 0 Å². The van der Waals surface area contributed by atoms with Crippen molar-refractivity contribution >= 4 is 6.29 Å². The lowest BCUT2D eigenvalue weighted by Gasteiger charge is -2.09. The molecule has 0 atom stereocenters. The fraction of sp³-hybridized carbons (Fsp3) is 0.267. The van der Waals surface area contributed by atoms with Crippen molar-refractivity contribution in [3.8, 4) is 0 Å². The van der Waals surface area contributed by atoms with Crippen molar-refractivity contribution in [3.63, 3.8) is 0 Å². The number of furan rings is 1. The molecule has 2 nitrogen and oxygen atoms in total. The fourth-order valence-electron chi connectivity index (χ4n) is 2.22. The van der Waals surface area contributed by atoms with Crippen molar-refractivity contribution in [1.29, 1.82) is 0 Å². The smallest absolute Gasteiger partial charge is 0.185 e. The summed E-state index contributed by atoms with van der Waals surface area (Å²) in [7, 11) is 0. The van der Waals surface area contributed by atoms with Gasteiger partial charge < -0.3 is 4.42 Å². The van der Waals surface area contributed by atoms with Crippen molar-refractivity contribution in [1.82, 2.24) is 0 Å². The maximum atomic E-state index is 10.6. The van der Waals surface area contributed by atoms with Crippen molar-refractivity contribution in [3.05, 3.63) is 58.0 Å². The van der Waals surface area contributed by atoms with Crippen LogP contribution in [0, 0.1) is 20.8 Å². The van der Waals surface area contributed by atoms with Gasteiger partial charge in [-0.2, -0.15) is 0 Å². The number of benzene rings is 1. The maximum Gasteiger partial charge on any atom is 0.185 e. The summed E-state index contributed by atoms with van der Waals surface area (Å²) in [6.45, 7) is 6.32. The Hall–Kier alpha value is -1.83. The molecule has 0 aliphatic heterocycles. The van der Waals surface area contributed by atoms with Gasteiger partial charge in [0.1, 0.15) is 5.76 Å². The van der Waals surface area contributed by atoms with Crippen LogP contribution in [0.1, 0.15) is 38.6 Å². The molecule has 17 heavy (non-hydrogen) atoms. The van der Waals surface area contributed by atoms with Gasteiger partial charge in [0.25, 0.3) is 0 Å². The highest BCUT2D eigenvalue weighted by Gasteiger charge is 2.08. The zero-order valence-corrected chi connectivity index (χ0v) is 10.4. The van der Waals surface area contributed by atoms with Gasteiger partial charge in [0.2, 0.25) is 0 Å². The third kappa shape index (κ3) is 2.47. The number of hydrogen-bond acceptors (Lipinski definition) is 2. The molecule has 0 aliphatic rings. The van der Waals surface area contributed by atoms with E-state index in [-0.39, 0.29) is 0 Å². The van der Waals surface area contributed by atoms with E-state index in [9.17, 15) is 4.79 Å². The number of carbonyl (C=O) groups is 1. The molecule has 0 aliphatic carbocycles. The van der Waals surface area contributed by atoms with Gasteiger partial charge >= 0.3 is 0 Å². The number of hydrogen-bond donors (Lipinski definition) is 0. The Labute approximate surface area is 101 Å². The Morgan fingerprint density at radius 2 is 1.76 bits per heavy atom. The number of carbonyl (C=O) groups excluding carboxylic acids is 1. The second-order valence-corrected chi connectivity index (χ2v) is 4.48. The van der Waals surface area contributed by atoms with Crippen LogP contribution in [0.25, 0.3) is 0 Å². The summed E-state index contributed by atoms with van der Waals surface area (Å²) < 4.78 is 5.41. The van der Waals surface area contributed by atoms with Crippen molar-refractivity contribution < 1.29 is 9.21 Å². The van der Waals surface area contributed by atoms with Crippen LogP contribution < -0.4 is 0 Å². The molecule has 0 radical (unpaired) electrons. The average Bonchev–Trinajstić information content (AvgIpc) is 2.71. The fourth-order valence-corrected chi connectivity index (χ4v) is 2.22. The van der Waals surface area contributed by atoms with E-state index >= 15 is 0 Å². The number of rotatable bonds is 3. The molecule has 1 aromatic carbocycles. The van der Waals surface area contributed by atoms with E-state index in [4.69, 9.17) is 4.42 Å². The van der Waals surface area contributed by atoms with Gasteiger partial charge in [-0.3, -0.25) is 4.79 Å². The SMILES string of the molecule is Cc1cc(C)c(Cc2ccc(C=O)o2)c(C)c1. The third-order valence-electron chi connectivity index (χ3n) is 2.99. The molecule has 1 aromatic heterocycles. The van der Waals surface area contributed by atoms with E-state index < -0.39 is 0 Å². The normalized spacial score (nSPS) is 10.5. The van der Waals surface area contributed by atoms with Gasteiger partial charge in [-0.1, -0.05) is 17.7 Å². The first-order valence-corrected chi connectivity index (χ1v) is 5.71. The van der Waals surface area contributed by atoms with Crippen LogP contribution in [0.15, 0.2) is 28.7 Å². The van der Waals surface area contributed by atoms with E-state index in [1.165, 1.54) is 22.3 Å². The lowest BCUT2D eigenvalue weighted by atomic mass is 9.97. The molecule has 2 rings (SSSR count). The molecule has 0 fully saturated rings. The first-order valence-electron chi connectivity index (χ1n) is 5.71. The number of aryl methyl sites for hydroxylation is 3. The molecule has 88 valence electrons. The zero-order valence-electron chi connectivity index (χ0n) is 10.4. The molecule has 0 unspecified atom stereocenters. The van der Waals surface area contributed by atoms with Gasteiger partial charge in [0, 0.05) is 6.42 Å². The minimum atomic E-state index is 0.391. The minimum Gasteiger partial charge on any atom is -0.458 e. The standard InChI is InChI=1S/C15H16O2/c1-10-6-11(2)15(12(3)7-10)8-13-4-5-14(9-16)17-13/h4-7,9H,8H2,1-3H3. The van der Waals surface area contributed by atoms with Gasteiger partial charge in [-0.25, -0.2) is 0 Å². The van der Waals surface area contributed by atoms with Crippen molar-refractivity contribution in [2.45, 2.75) is 27.2 Å². The van der Waals surface area contributed by atoms with E-state index in [0.717, 1.165) is 18.5 Å². The van der Waals surface area contributed by atoms with E-state index in [2.05, 4.69) is 32.9 Å². The van der Waals surface area contributed by atoms with Crippen molar-refractivity contribution in [2.24, 2.45) is 0 Å². The second kappa shape index (κ2) is 4.58. The van der Waals surface area contributed by atoms with Crippen LogP contribution in [-0.4, -0.2) is 6.29 Å². The highest BCUT2D eigenvalue weighted by molar-refractivity contribution is 5.70. The van der Waals surface area contributed by atoms with E-state index in [1.54, 1.807) is 6.07 Å². The summed E-state index contributed by atoms with van der Waals surface area (Å²) in [4.78, 5) is 10.6. The first kappa shape index (κ1) is 11.6. The predicted octanol–water partition coefficient (Wildman–Crippen LogP) is 3.61. The lowest BCUT2D eigenvalue weighted by Crippen LogP contribution is -1.95. The summed E-state index contributed by atoms with van der Waals surface area (Å²) in [5.74, 6) is 1.23. The van der Waals surface area contributed by atoms with Crippen LogP contribution in [0.4, 0.5) is 0 Å². The van der Waals surface area contributed by atoms with Gasteiger partial charge in [0.15, 0.2) is 12.0 Å². The Balaban J connectivity index is 2.32. The van der Waals surface area contributed by atoms with Crippen LogP contribution in [0.3, 0.4) is 0 Å². The summed E-state index contributed by atoms with van der Waals surface area (Å²) in [5, 5.41) is 0. The molecule has 2 aromatic rings. The van der Waals surface area contributed by atoms with Gasteiger partial charge in [0.05, 0.1) is 0 Å². The minimum absolute atomic E-state index is 0.391. The molecule has 0 amide bonds. The molecule has 0 N–H and O–H groups in total. The summed E-state index contributed by atoms with van der Waals surface area (Å²) in [6.07, 6.45) is 1.48. The topological polar surface area (TPSA) is 30.2 Å². The zero-order chi connectivity index (χ0) is 12.4. The molecule has 0 spiro atoms. The number of aldehydes is 1. The monoisotopic (exact) mass is 228 g/mol. The average molecular weight is 228 g/mol. The molecule has 0 bridgehead atoms. The Bertz CT molecular complexity index is 527. The van der Waals surface area contributed by atoms with Gasteiger partial charge in [-0.05, 0) is 49.6 Å². The summed E-state index contributed by atoms with van der Waals surface area (Å²) in [5.41, 5.74) is 5.09. The lowest BCUT2D eigenvalue weighted by molar-refractivity contribution is 0.109. The highest BCUT2D eigenvalue weighted by Crippen LogP contribution is 2.20. The maximum absolute atomic E-state index is 10.6. The molecule has 2 heteroatoms. The Morgan fingerprint density at radius 3 is 2.29 bits per heavy atom. The molecular formula is C15H16O2. The predicted molar refractivity (Wildman–Crippen MR) is 67.6 cm³/mol. The van der Waals surface area contributed by atoms with Crippen LogP contribution >= 0.6 is 0 Å². The molecular weight excluding hydrogens is 212 g/mol. The highest BCUT2D eigenvalue weighted by atomic mass is 16.3. The third-order valence-corrected chi connectivity index (χ3v) is 2.99. The van der Waals surface area contributed by atoms with Crippen LogP contribution in [0.2, 0.25) is 0 Å². The first-order chi connectivity index (χ1) is 8.10. The largest absolute Gasteiger partial charge is 0.458 e. The molecule has 0 saturated heterocycles. The molecule has 0 saturated carbocycles. The summed E-state index contributed by atoms with van der Waals surface area (Å²) >= 11 is 0. The van der Waals surface area contributed by atoms with Crippen LogP contribution in [-0.2, 0) is 6.42 Å². The van der Waals surface area contributed by atoms with Crippen LogP contribution in [0.5, 0.6) is 0 Å². The Morgan fingerprint density at radius 1 is 1.12 bits per heavy atom. The quantitative estimate of drug-likeness (QED) is 0.751. The van der Waals surface area contributed by atoms with Crippen molar-refractivity contribution in [2.75, 3.05) is 0 Å². The Kier molecular flexibility index (Phi) is 3.14. The van der Waals surface area contributed by atoms with E-state index in [1.807, 2.05) is 6.07 Å². The molecule has 1 heterocycles. The van der Waals surface area contributed by atoms with E-state index in [0.29, 0.717) is 5.76 Å².